The monoisotopic (exact) mass is 292 g/mol. The lowest BCUT2D eigenvalue weighted by Crippen LogP contribution is -2.42. The summed E-state index contributed by atoms with van der Waals surface area (Å²) < 4.78 is 4.61. The standard InChI is InChI=1S/C14H20N4O3/c1-10-7-6-8-11(9-10)15-12(19)16-13(17(2)3)18(4)14(20)21-5/h6-9H,1-5H3,(H,15,19)/b16-13+. The number of nitrogens with one attached hydrogen (secondary N) is 1. The number of benzene rings is 1. The lowest BCUT2D eigenvalue weighted by Gasteiger charge is -2.23. The third kappa shape index (κ3) is 4.79. The highest BCUT2D eigenvalue weighted by Crippen LogP contribution is 2.10. The predicted molar refractivity (Wildman–Crippen MR) is 81.5 cm³/mol. The van der Waals surface area contributed by atoms with Gasteiger partial charge in [0.25, 0.3) is 0 Å². The van der Waals surface area contributed by atoms with Crippen molar-refractivity contribution in [2.24, 2.45) is 4.99 Å². The van der Waals surface area contributed by atoms with Crippen LogP contribution in [0.25, 0.3) is 0 Å². The van der Waals surface area contributed by atoms with E-state index in [9.17, 15) is 9.59 Å². The minimum atomic E-state index is -0.606. The molecule has 1 aromatic carbocycles. The molecule has 114 valence electrons. The Balaban J connectivity index is 2.90. The number of rotatable bonds is 1. The number of aliphatic imine (C=N–C) groups is 1. The molecule has 0 aliphatic carbocycles. The molecule has 1 rings (SSSR count). The Morgan fingerprint density at radius 1 is 1.24 bits per heavy atom. The Kier molecular flexibility index (Phi) is 5.71. The van der Waals surface area contributed by atoms with Crippen LogP contribution in [-0.4, -0.2) is 56.1 Å². The van der Waals surface area contributed by atoms with Crippen LogP contribution in [0.4, 0.5) is 15.3 Å². The Bertz CT molecular complexity index is 555. The van der Waals surface area contributed by atoms with Crippen molar-refractivity contribution in [3.63, 3.8) is 0 Å². The maximum absolute atomic E-state index is 11.9. The van der Waals surface area contributed by atoms with Crippen LogP contribution in [-0.2, 0) is 4.74 Å². The molecule has 0 aromatic heterocycles. The molecule has 1 aromatic rings. The smallest absolute Gasteiger partial charge is 0.416 e. The number of aryl methyl sites for hydroxylation is 1. The largest absolute Gasteiger partial charge is 0.452 e. The summed E-state index contributed by atoms with van der Waals surface area (Å²) in [7, 11) is 6.10. The van der Waals surface area contributed by atoms with E-state index in [1.54, 1.807) is 25.1 Å². The Morgan fingerprint density at radius 3 is 2.43 bits per heavy atom. The normalized spacial score (nSPS) is 10.8. The van der Waals surface area contributed by atoms with Crippen molar-refractivity contribution in [2.75, 3.05) is 33.6 Å². The molecule has 0 radical (unpaired) electrons. The third-order valence-corrected chi connectivity index (χ3v) is 2.62. The van der Waals surface area contributed by atoms with E-state index in [0.29, 0.717) is 5.69 Å². The predicted octanol–water partition coefficient (Wildman–Crippen LogP) is 2.14. The van der Waals surface area contributed by atoms with Gasteiger partial charge in [-0.25, -0.2) is 9.59 Å². The first-order valence-corrected chi connectivity index (χ1v) is 6.30. The fourth-order valence-electron chi connectivity index (χ4n) is 1.66. The molecular weight excluding hydrogens is 272 g/mol. The number of ether oxygens (including phenoxy) is 1. The van der Waals surface area contributed by atoms with E-state index >= 15 is 0 Å². The highest BCUT2D eigenvalue weighted by Gasteiger charge is 2.18. The molecule has 0 spiro atoms. The van der Waals surface area contributed by atoms with Crippen molar-refractivity contribution >= 4 is 23.8 Å². The molecule has 7 nitrogen and oxygen atoms in total. The van der Waals surface area contributed by atoms with E-state index in [0.717, 1.165) is 10.5 Å². The van der Waals surface area contributed by atoms with Gasteiger partial charge < -0.3 is 15.0 Å². The number of urea groups is 1. The van der Waals surface area contributed by atoms with E-state index in [2.05, 4.69) is 15.0 Å². The first-order chi connectivity index (χ1) is 9.85. The van der Waals surface area contributed by atoms with Crippen LogP contribution in [0.5, 0.6) is 0 Å². The van der Waals surface area contributed by atoms with Gasteiger partial charge in [0.15, 0.2) is 0 Å². The van der Waals surface area contributed by atoms with Crippen molar-refractivity contribution in [3.8, 4) is 0 Å². The third-order valence-electron chi connectivity index (χ3n) is 2.62. The molecule has 7 heteroatoms. The maximum Gasteiger partial charge on any atom is 0.416 e. The van der Waals surface area contributed by atoms with Crippen LogP contribution in [0, 0.1) is 6.92 Å². The van der Waals surface area contributed by atoms with Gasteiger partial charge in [0.05, 0.1) is 7.11 Å². The molecule has 0 aliphatic heterocycles. The molecular formula is C14H20N4O3. The zero-order valence-electron chi connectivity index (χ0n) is 12.9. The summed E-state index contributed by atoms with van der Waals surface area (Å²) in [5.41, 5.74) is 1.67. The molecule has 0 bridgehead atoms. The van der Waals surface area contributed by atoms with Gasteiger partial charge in [0.1, 0.15) is 0 Å². The van der Waals surface area contributed by atoms with E-state index in [1.165, 1.54) is 14.2 Å². The number of guanidine groups is 1. The minimum absolute atomic E-state index is 0.173. The van der Waals surface area contributed by atoms with Crippen molar-refractivity contribution in [2.45, 2.75) is 6.92 Å². The number of carbonyl (C=O) groups is 2. The first-order valence-electron chi connectivity index (χ1n) is 6.30. The van der Waals surface area contributed by atoms with Crippen molar-refractivity contribution in [1.82, 2.24) is 9.80 Å². The minimum Gasteiger partial charge on any atom is -0.452 e. The molecule has 0 unspecified atom stereocenters. The topological polar surface area (TPSA) is 74.2 Å². The number of anilines is 1. The molecule has 0 saturated heterocycles. The van der Waals surface area contributed by atoms with Crippen molar-refractivity contribution in [1.29, 1.82) is 0 Å². The molecule has 0 heterocycles. The second kappa shape index (κ2) is 7.28. The quantitative estimate of drug-likeness (QED) is 0.635. The molecule has 0 aliphatic rings. The number of nitrogens with zero attached hydrogens (tertiary/aromatic N) is 3. The van der Waals surface area contributed by atoms with Gasteiger partial charge in [-0.05, 0) is 24.6 Å². The first kappa shape index (κ1) is 16.5. The number of methoxy groups -OCH3 is 1. The highest BCUT2D eigenvalue weighted by molar-refractivity contribution is 6.03. The van der Waals surface area contributed by atoms with Gasteiger partial charge in [-0.1, -0.05) is 12.1 Å². The second-order valence-electron chi connectivity index (χ2n) is 4.63. The molecule has 3 amide bonds. The lowest BCUT2D eigenvalue weighted by atomic mass is 10.2. The maximum atomic E-state index is 11.9. The zero-order chi connectivity index (χ0) is 16.0. The van der Waals surface area contributed by atoms with Gasteiger partial charge in [-0.2, -0.15) is 4.99 Å². The van der Waals surface area contributed by atoms with Crippen LogP contribution in [0.15, 0.2) is 29.3 Å². The second-order valence-corrected chi connectivity index (χ2v) is 4.63. The van der Waals surface area contributed by atoms with Crippen molar-refractivity contribution < 1.29 is 14.3 Å². The Morgan fingerprint density at radius 2 is 1.90 bits per heavy atom. The van der Waals surface area contributed by atoms with Crippen LogP contribution in [0.1, 0.15) is 5.56 Å². The number of hydrogen-bond acceptors (Lipinski definition) is 3. The summed E-state index contributed by atoms with van der Waals surface area (Å²) in [4.78, 5) is 30.0. The SMILES string of the molecule is COC(=O)N(C)/C(=N/C(=O)Nc1cccc(C)c1)N(C)C. The summed E-state index contributed by atoms with van der Waals surface area (Å²) in [6.45, 7) is 1.93. The van der Waals surface area contributed by atoms with Crippen LogP contribution in [0.2, 0.25) is 0 Å². The van der Waals surface area contributed by atoms with Crippen molar-refractivity contribution in [3.05, 3.63) is 29.8 Å². The van der Waals surface area contributed by atoms with E-state index in [-0.39, 0.29) is 5.96 Å². The van der Waals surface area contributed by atoms with Gasteiger partial charge in [-0.15, -0.1) is 0 Å². The van der Waals surface area contributed by atoms with Crippen LogP contribution < -0.4 is 5.32 Å². The molecule has 21 heavy (non-hydrogen) atoms. The fourth-order valence-corrected chi connectivity index (χ4v) is 1.66. The summed E-state index contributed by atoms with van der Waals surface area (Å²) in [5, 5.41) is 2.65. The zero-order valence-corrected chi connectivity index (χ0v) is 12.9. The average molecular weight is 292 g/mol. The molecule has 0 fully saturated rings. The van der Waals surface area contributed by atoms with Gasteiger partial charge in [-0.3, -0.25) is 4.90 Å². The molecule has 1 N–H and O–H groups in total. The average Bonchev–Trinajstić information content (AvgIpc) is 2.42. The van der Waals surface area contributed by atoms with E-state index in [1.807, 2.05) is 25.1 Å². The Labute approximate surface area is 124 Å². The van der Waals surface area contributed by atoms with Crippen LogP contribution >= 0.6 is 0 Å². The summed E-state index contributed by atoms with van der Waals surface area (Å²) >= 11 is 0. The molecule has 0 saturated carbocycles. The van der Waals surface area contributed by atoms with Gasteiger partial charge in [0.2, 0.25) is 5.96 Å². The number of carbonyl (C=O) groups excluding carboxylic acids is 2. The number of hydrogen-bond donors (Lipinski definition) is 1. The van der Waals surface area contributed by atoms with E-state index < -0.39 is 12.1 Å². The Hall–Kier alpha value is -2.57. The lowest BCUT2D eigenvalue weighted by molar-refractivity contribution is 0.149. The fraction of sp³-hybridized carbons (Fsp3) is 0.357. The van der Waals surface area contributed by atoms with Gasteiger partial charge in [0, 0.05) is 26.8 Å². The van der Waals surface area contributed by atoms with E-state index in [4.69, 9.17) is 0 Å². The number of amides is 3. The van der Waals surface area contributed by atoms with Crippen LogP contribution in [0.3, 0.4) is 0 Å². The van der Waals surface area contributed by atoms with Gasteiger partial charge >= 0.3 is 12.1 Å². The summed E-state index contributed by atoms with van der Waals surface area (Å²) in [5.74, 6) is 0.173. The summed E-state index contributed by atoms with van der Waals surface area (Å²) in [6, 6.07) is 6.78. The summed E-state index contributed by atoms with van der Waals surface area (Å²) in [6.07, 6.45) is -0.606. The molecule has 0 atom stereocenters. The highest BCUT2D eigenvalue weighted by atomic mass is 16.5.